The van der Waals surface area contributed by atoms with Crippen LogP contribution in [0.1, 0.15) is 20.3 Å². The Bertz CT molecular complexity index is 167. The van der Waals surface area contributed by atoms with Gasteiger partial charge in [-0.1, -0.05) is 13.0 Å². The quantitative estimate of drug-likeness (QED) is 0.518. The van der Waals surface area contributed by atoms with E-state index >= 15 is 0 Å². The predicted octanol–water partition coefficient (Wildman–Crippen LogP) is 2.17. The summed E-state index contributed by atoms with van der Waals surface area (Å²) in [4.78, 5) is 9.08. The van der Waals surface area contributed by atoms with E-state index in [0.717, 1.165) is 6.42 Å². The minimum absolute atomic E-state index is 0.0251. The topological polar surface area (TPSA) is 46.5 Å². The Morgan fingerprint density at radius 3 is 2.73 bits per heavy atom. The molecule has 2 unspecified atom stereocenters. The van der Waals surface area contributed by atoms with Gasteiger partial charge in [0.15, 0.2) is 0 Å². The lowest BCUT2D eigenvalue weighted by molar-refractivity contribution is 0.187. The second kappa shape index (κ2) is 4.70. The Hall–Kier alpha value is -0.110. The van der Waals surface area contributed by atoms with Gasteiger partial charge in [0, 0.05) is 0 Å². The smallest absolute Gasteiger partial charge is 0.324 e. The van der Waals surface area contributed by atoms with Crippen LogP contribution in [-0.4, -0.2) is 17.2 Å². The SMILES string of the molecule is C=CCP(=O)(O)OC(C)CC. The van der Waals surface area contributed by atoms with Gasteiger partial charge in [-0.25, -0.2) is 0 Å². The molecule has 0 spiro atoms. The monoisotopic (exact) mass is 178 g/mol. The highest BCUT2D eigenvalue weighted by Gasteiger charge is 2.19. The van der Waals surface area contributed by atoms with E-state index in [1.807, 2.05) is 6.92 Å². The van der Waals surface area contributed by atoms with Crippen molar-refractivity contribution in [3.05, 3.63) is 12.7 Å². The summed E-state index contributed by atoms with van der Waals surface area (Å²) in [7, 11) is -3.38. The Balaban J connectivity index is 3.90. The van der Waals surface area contributed by atoms with Crippen LogP contribution in [0.3, 0.4) is 0 Å². The van der Waals surface area contributed by atoms with Gasteiger partial charge < -0.3 is 9.42 Å². The molecule has 0 aliphatic carbocycles. The average Bonchev–Trinajstić information content (AvgIpc) is 1.86. The molecule has 0 aromatic heterocycles. The number of hydrogen-bond acceptors (Lipinski definition) is 2. The molecule has 0 aliphatic heterocycles. The Morgan fingerprint density at radius 1 is 1.82 bits per heavy atom. The summed E-state index contributed by atoms with van der Waals surface area (Å²) in [5, 5.41) is 0. The lowest BCUT2D eigenvalue weighted by Crippen LogP contribution is -2.05. The van der Waals surface area contributed by atoms with Gasteiger partial charge >= 0.3 is 7.60 Å². The van der Waals surface area contributed by atoms with Crippen molar-refractivity contribution >= 4 is 7.60 Å². The molecule has 0 fully saturated rings. The number of allylic oxidation sites excluding steroid dienone is 1. The molecule has 0 rings (SSSR count). The van der Waals surface area contributed by atoms with Gasteiger partial charge in [-0.05, 0) is 13.3 Å². The molecular weight excluding hydrogens is 163 g/mol. The van der Waals surface area contributed by atoms with Crippen molar-refractivity contribution in [2.24, 2.45) is 0 Å². The summed E-state index contributed by atoms with van der Waals surface area (Å²) in [5.41, 5.74) is 0. The average molecular weight is 178 g/mol. The maximum atomic E-state index is 11.0. The Kier molecular flexibility index (Phi) is 4.66. The standard InChI is InChI=1S/C7H15O3P/c1-4-6-11(8,9)10-7(3)5-2/h4,7H,1,5-6H2,2-3H3,(H,8,9). The molecule has 11 heavy (non-hydrogen) atoms. The Morgan fingerprint density at radius 2 is 2.36 bits per heavy atom. The van der Waals surface area contributed by atoms with E-state index in [1.165, 1.54) is 6.08 Å². The molecule has 0 bridgehead atoms. The zero-order chi connectivity index (χ0) is 8.91. The molecule has 4 heteroatoms. The van der Waals surface area contributed by atoms with Crippen LogP contribution < -0.4 is 0 Å². The Labute approximate surface area is 67.6 Å². The van der Waals surface area contributed by atoms with E-state index in [0.29, 0.717) is 0 Å². The van der Waals surface area contributed by atoms with Crippen LogP contribution in [0.4, 0.5) is 0 Å². The lowest BCUT2D eigenvalue weighted by atomic mass is 10.3. The molecule has 1 N–H and O–H groups in total. The van der Waals surface area contributed by atoms with Crippen molar-refractivity contribution < 1.29 is 14.0 Å². The van der Waals surface area contributed by atoms with Crippen LogP contribution in [0, 0.1) is 0 Å². The molecule has 0 saturated heterocycles. The molecule has 0 aromatic rings. The van der Waals surface area contributed by atoms with Crippen LogP contribution >= 0.6 is 7.60 Å². The fourth-order valence-corrected chi connectivity index (χ4v) is 1.69. The normalized spacial score (nSPS) is 18.8. The van der Waals surface area contributed by atoms with Crippen LogP contribution in [0.2, 0.25) is 0 Å². The molecule has 0 amide bonds. The maximum Gasteiger partial charge on any atom is 0.332 e. The van der Waals surface area contributed by atoms with Crippen LogP contribution in [0.25, 0.3) is 0 Å². The predicted molar refractivity (Wildman–Crippen MR) is 45.7 cm³/mol. The minimum Gasteiger partial charge on any atom is -0.324 e. The van der Waals surface area contributed by atoms with E-state index < -0.39 is 7.60 Å². The van der Waals surface area contributed by atoms with Gasteiger partial charge in [0.1, 0.15) is 0 Å². The second-order valence-electron chi connectivity index (χ2n) is 2.43. The summed E-state index contributed by atoms with van der Waals surface area (Å²) >= 11 is 0. The fraction of sp³-hybridized carbons (Fsp3) is 0.714. The molecule has 0 aromatic carbocycles. The van der Waals surface area contributed by atoms with Gasteiger partial charge in [0.2, 0.25) is 0 Å². The summed E-state index contributed by atoms with van der Waals surface area (Å²) in [5.74, 6) is 0. The first-order chi connectivity index (χ1) is 5.02. The summed E-state index contributed by atoms with van der Waals surface area (Å²) in [6.07, 6.45) is 1.99. The molecule has 0 heterocycles. The van der Waals surface area contributed by atoms with E-state index in [9.17, 15) is 4.57 Å². The fourth-order valence-electron chi connectivity index (χ4n) is 0.562. The van der Waals surface area contributed by atoms with Crippen molar-refractivity contribution in [3.63, 3.8) is 0 Å². The largest absolute Gasteiger partial charge is 0.332 e. The second-order valence-corrected chi connectivity index (χ2v) is 4.28. The zero-order valence-corrected chi connectivity index (χ0v) is 7.88. The highest BCUT2D eigenvalue weighted by atomic mass is 31.2. The molecule has 66 valence electrons. The van der Waals surface area contributed by atoms with Crippen molar-refractivity contribution in [1.29, 1.82) is 0 Å². The van der Waals surface area contributed by atoms with E-state index in [-0.39, 0.29) is 12.3 Å². The first-order valence-corrected chi connectivity index (χ1v) is 5.39. The summed E-state index contributed by atoms with van der Waals surface area (Å²) in [6, 6.07) is 0. The first kappa shape index (κ1) is 10.9. The maximum absolute atomic E-state index is 11.0. The highest BCUT2D eigenvalue weighted by Crippen LogP contribution is 2.43. The summed E-state index contributed by atoms with van der Waals surface area (Å²) < 4.78 is 15.9. The molecule has 0 aliphatic rings. The van der Waals surface area contributed by atoms with E-state index in [2.05, 4.69) is 6.58 Å². The van der Waals surface area contributed by atoms with Gasteiger partial charge in [0.05, 0.1) is 12.3 Å². The van der Waals surface area contributed by atoms with Gasteiger partial charge in [-0.15, -0.1) is 6.58 Å². The van der Waals surface area contributed by atoms with Crippen LogP contribution in [0.5, 0.6) is 0 Å². The molecular formula is C7H15O3P. The number of hydrogen-bond donors (Lipinski definition) is 1. The van der Waals surface area contributed by atoms with Gasteiger partial charge in [-0.2, -0.15) is 0 Å². The third kappa shape index (κ3) is 5.19. The third-order valence-corrected chi connectivity index (χ3v) is 2.69. The van der Waals surface area contributed by atoms with E-state index in [4.69, 9.17) is 9.42 Å². The van der Waals surface area contributed by atoms with Gasteiger partial charge in [0.25, 0.3) is 0 Å². The minimum atomic E-state index is -3.38. The van der Waals surface area contributed by atoms with Crippen LogP contribution in [0.15, 0.2) is 12.7 Å². The van der Waals surface area contributed by atoms with Crippen molar-refractivity contribution in [2.45, 2.75) is 26.4 Å². The molecule has 0 radical (unpaired) electrons. The van der Waals surface area contributed by atoms with Crippen molar-refractivity contribution in [1.82, 2.24) is 0 Å². The third-order valence-electron chi connectivity index (χ3n) is 1.28. The molecule has 0 saturated carbocycles. The molecule has 2 atom stereocenters. The van der Waals surface area contributed by atoms with E-state index in [1.54, 1.807) is 6.92 Å². The first-order valence-electron chi connectivity index (χ1n) is 3.63. The summed E-state index contributed by atoms with van der Waals surface area (Å²) in [6.45, 7) is 7.04. The highest BCUT2D eigenvalue weighted by molar-refractivity contribution is 7.53. The van der Waals surface area contributed by atoms with Crippen molar-refractivity contribution in [3.8, 4) is 0 Å². The molecule has 3 nitrogen and oxygen atoms in total. The zero-order valence-electron chi connectivity index (χ0n) is 6.99. The number of rotatable bonds is 5. The van der Waals surface area contributed by atoms with Crippen LogP contribution in [-0.2, 0) is 9.09 Å². The van der Waals surface area contributed by atoms with Gasteiger partial charge in [-0.3, -0.25) is 4.57 Å². The van der Waals surface area contributed by atoms with Crippen molar-refractivity contribution in [2.75, 3.05) is 6.16 Å². The lowest BCUT2D eigenvalue weighted by Gasteiger charge is -2.14.